The number of carboxylic acid groups (broad SMARTS) is 1. The Kier molecular flexibility index (Phi) is 5.00. The smallest absolute Gasteiger partial charge is 0.317 e. The summed E-state index contributed by atoms with van der Waals surface area (Å²) in [6, 6.07) is 0. The average molecular weight is 212 g/mol. The topological polar surface area (TPSA) is 60.9 Å². The van der Waals surface area contributed by atoms with E-state index in [4.69, 9.17) is 5.11 Å². The first-order valence-electron chi connectivity index (χ1n) is 4.99. The Balaban J connectivity index is 2.20. The third-order valence-corrected chi connectivity index (χ3v) is 2.40. The standard InChI is InChI=1S/C10H16N2O3/c13-8-2-1-3-11-4-6-12(7-5-11)9-10(14)15/h1-2,8H,3-7,9H2,(H,14,15). The molecule has 0 unspecified atom stereocenters. The van der Waals surface area contributed by atoms with Crippen LogP contribution in [0.4, 0.5) is 0 Å². The molecule has 0 aromatic heterocycles. The van der Waals surface area contributed by atoms with E-state index in [1.165, 1.54) is 6.08 Å². The van der Waals surface area contributed by atoms with Crippen LogP contribution in [0.15, 0.2) is 12.2 Å². The van der Waals surface area contributed by atoms with Crippen LogP contribution in [-0.2, 0) is 9.59 Å². The van der Waals surface area contributed by atoms with Gasteiger partial charge in [-0.15, -0.1) is 0 Å². The lowest BCUT2D eigenvalue weighted by Crippen LogP contribution is -2.47. The fraction of sp³-hybridized carbons (Fsp3) is 0.600. The normalized spacial score (nSPS) is 19.5. The summed E-state index contributed by atoms with van der Waals surface area (Å²) in [6.45, 7) is 4.16. The van der Waals surface area contributed by atoms with Crippen molar-refractivity contribution in [2.75, 3.05) is 39.3 Å². The maximum atomic E-state index is 10.5. The van der Waals surface area contributed by atoms with Crippen LogP contribution < -0.4 is 0 Å². The van der Waals surface area contributed by atoms with E-state index in [9.17, 15) is 9.59 Å². The average Bonchev–Trinajstić information content (AvgIpc) is 2.20. The van der Waals surface area contributed by atoms with Gasteiger partial charge < -0.3 is 5.11 Å². The number of aldehydes is 1. The molecule has 0 amide bonds. The van der Waals surface area contributed by atoms with Crippen LogP contribution in [-0.4, -0.2) is 66.4 Å². The van der Waals surface area contributed by atoms with Crippen LogP contribution in [0.3, 0.4) is 0 Å². The van der Waals surface area contributed by atoms with E-state index >= 15 is 0 Å². The van der Waals surface area contributed by atoms with Gasteiger partial charge in [0.2, 0.25) is 0 Å². The molecule has 0 bridgehead atoms. The van der Waals surface area contributed by atoms with Gasteiger partial charge >= 0.3 is 5.97 Å². The van der Waals surface area contributed by atoms with Crippen LogP contribution in [0.25, 0.3) is 0 Å². The molecule has 1 aliphatic heterocycles. The van der Waals surface area contributed by atoms with Crippen LogP contribution >= 0.6 is 0 Å². The van der Waals surface area contributed by atoms with E-state index in [2.05, 4.69) is 4.90 Å². The Morgan fingerprint density at radius 3 is 2.33 bits per heavy atom. The molecule has 0 saturated carbocycles. The quantitative estimate of drug-likeness (QED) is 0.489. The molecular formula is C10H16N2O3. The Bertz CT molecular complexity index is 245. The zero-order chi connectivity index (χ0) is 11.1. The SMILES string of the molecule is O=CC=CCN1CCN(CC(=O)O)CC1. The molecule has 0 aromatic carbocycles. The monoisotopic (exact) mass is 212 g/mol. The number of hydrogen-bond acceptors (Lipinski definition) is 4. The van der Waals surface area contributed by atoms with Gasteiger partial charge in [-0.3, -0.25) is 19.4 Å². The Morgan fingerprint density at radius 2 is 1.80 bits per heavy atom. The molecule has 1 fully saturated rings. The van der Waals surface area contributed by atoms with Crippen molar-refractivity contribution in [3.63, 3.8) is 0 Å². The minimum absolute atomic E-state index is 0.123. The lowest BCUT2D eigenvalue weighted by molar-refractivity contribution is -0.138. The molecule has 1 N–H and O–H groups in total. The summed E-state index contributed by atoms with van der Waals surface area (Å²) in [5, 5.41) is 8.60. The highest BCUT2D eigenvalue weighted by Gasteiger charge is 2.17. The van der Waals surface area contributed by atoms with Gasteiger partial charge in [-0.05, 0) is 6.08 Å². The highest BCUT2D eigenvalue weighted by atomic mass is 16.4. The summed E-state index contributed by atoms with van der Waals surface area (Å²) in [4.78, 5) is 24.6. The van der Waals surface area contributed by atoms with Crippen molar-refractivity contribution in [2.24, 2.45) is 0 Å². The Morgan fingerprint density at radius 1 is 1.20 bits per heavy atom. The fourth-order valence-corrected chi connectivity index (χ4v) is 1.59. The van der Waals surface area contributed by atoms with Crippen molar-refractivity contribution in [1.82, 2.24) is 9.80 Å². The van der Waals surface area contributed by atoms with Gasteiger partial charge in [0.25, 0.3) is 0 Å². The summed E-state index contributed by atoms with van der Waals surface area (Å²) >= 11 is 0. The first kappa shape index (κ1) is 11.9. The number of allylic oxidation sites excluding steroid dienone is 1. The number of nitrogens with zero attached hydrogens (tertiary/aromatic N) is 2. The molecule has 1 rings (SSSR count). The predicted molar refractivity (Wildman–Crippen MR) is 55.7 cm³/mol. The summed E-state index contributed by atoms with van der Waals surface area (Å²) < 4.78 is 0. The third kappa shape index (κ3) is 4.71. The van der Waals surface area contributed by atoms with Gasteiger partial charge in [-0.25, -0.2) is 0 Å². The van der Waals surface area contributed by atoms with Gasteiger partial charge in [0, 0.05) is 32.7 Å². The number of piperazine rings is 1. The molecule has 84 valence electrons. The summed E-state index contributed by atoms with van der Waals surface area (Å²) in [7, 11) is 0. The van der Waals surface area contributed by atoms with Crippen LogP contribution in [0.5, 0.6) is 0 Å². The minimum Gasteiger partial charge on any atom is -0.480 e. The van der Waals surface area contributed by atoms with Crippen molar-refractivity contribution < 1.29 is 14.7 Å². The highest BCUT2D eigenvalue weighted by Crippen LogP contribution is 2.00. The molecule has 0 radical (unpaired) electrons. The van der Waals surface area contributed by atoms with E-state index < -0.39 is 5.97 Å². The van der Waals surface area contributed by atoms with Gasteiger partial charge in [-0.1, -0.05) is 6.08 Å². The first-order valence-corrected chi connectivity index (χ1v) is 4.99. The summed E-state index contributed by atoms with van der Waals surface area (Å²) in [5.74, 6) is -0.774. The second kappa shape index (κ2) is 6.31. The molecule has 1 saturated heterocycles. The maximum Gasteiger partial charge on any atom is 0.317 e. The van der Waals surface area contributed by atoms with E-state index in [0.29, 0.717) is 0 Å². The van der Waals surface area contributed by atoms with Gasteiger partial charge in [0.15, 0.2) is 0 Å². The molecule has 15 heavy (non-hydrogen) atoms. The number of rotatable bonds is 5. The predicted octanol–water partition coefficient (Wildman–Crippen LogP) is -0.556. The Hall–Kier alpha value is -1.20. The summed E-state index contributed by atoms with van der Waals surface area (Å²) in [5.41, 5.74) is 0. The highest BCUT2D eigenvalue weighted by molar-refractivity contribution is 5.69. The van der Waals surface area contributed by atoms with Crippen molar-refractivity contribution in [2.45, 2.75) is 0 Å². The van der Waals surface area contributed by atoms with E-state index in [1.807, 2.05) is 11.0 Å². The number of carbonyl (C=O) groups is 2. The van der Waals surface area contributed by atoms with E-state index in [1.54, 1.807) is 0 Å². The summed E-state index contributed by atoms with van der Waals surface area (Å²) in [6.07, 6.45) is 4.07. The van der Waals surface area contributed by atoms with Gasteiger partial charge in [0.1, 0.15) is 6.29 Å². The van der Waals surface area contributed by atoms with Crippen LogP contribution in [0, 0.1) is 0 Å². The van der Waals surface area contributed by atoms with E-state index in [-0.39, 0.29) is 6.54 Å². The molecule has 5 nitrogen and oxygen atoms in total. The number of carboxylic acids is 1. The molecule has 0 spiro atoms. The van der Waals surface area contributed by atoms with Crippen LogP contribution in [0.1, 0.15) is 0 Å². The van der Waals surface area contributed by atoms with E-state index in [0.717, 1.165) is 39.0 Å². The molecule has 0 aromatic rings. The van der Waals surface area contributed by atoms with Crippen LogP contribution in [0.2, 0.25) is 0 Å². The van der Waals surface area contributed by atoms with Gasteiger partial charge in [-0.2, -0.15) is 0 Å². The third-order valence-electron chi connectivity index (χ3n) is 2.40. The van der Waals surface area contributed by atoms with Crippen molar-refractivity contribution >= 4 is 12.3 Å². The van der Waals surface area contributed by atoms with Crippen molar-refractivity contribution in [3.8, 4) is 0 Å². The molecule has 1 aliphatic rings. The zero-order valence-corrected chi connectivity index (χ0v) is 8.63. The number of aliphatic carboxylic acids is 1. The molecule has 5 heteroatoms. The molecule has 0 aliphatic carbocycles. The number of hydrogen-bond donors (Lipinski definition) is 1. The first-order chi connectivity index (χ1) is 7.22. The second-order valence-corrected chi connectivity index (χ2v) is 3.53. The lowest BCUT2D eigenvalue weighted by Gasteiger charge is -2.32. The second-order valence-electron chi connectivity index (χ2n) is 3.53. The number of carbonyl (C=O) groups excluding carboxylic acids is 1. The Labute approximate surface area is 89.0 Å². The van der Waals surface area contributed by atoms with Gasteiger partial charge in [0.05, 0.1) is 6.54 Å². The molecular weight excluding hydrogens is 196 g/mol. The zero-order valence-electron chi connectivity index (χ0n) is 8.63. The maximum absolute atomic E-state index is 10.5. The fourth-order valence-electron chi connectivity index (χ4n) is 1.59. The molecule has 0 atom stereocenters. The largest absolute Gasteiger partial charge is 0.480 e. The lowest BCUT2D eigenvalue weighted by atomic mass is 10.3. The van der Waals surface area contributed by atoms with Crippen molar-refractivity contribution in [1.29, 1.82) is 0 Å². The molecule has 1 heterocycles. The minimum atomic E-state index is -0.774. The van der Waals surface area contributed by atoms with Crippen molar-refractivity contribution in [3.05, 3.63) is 12.2 Å².